The van der Waals surface area contributed by atoms with E-state index in [4.69, 9.17) is 0 Å². The van der Waals surface area contributed by atoms with E-state index in [1.54, 1.807) is 6.20 Å². The third kappa shape index (κ3) is 1.61. The van der Waals surface area contributed by atoms with Gasteiger partial charge in [-0.25, -0.2) is 4.98 Å². The summed E-state index contributed by atoms with van der Waals surface area (Å²) in [5, 5.41) is 3.22. The first-order valence-corrected chi connectivity index (χ1v) is 4.32. The van der Waals surface area contributed by atoms with Crippen LogP contribution in [0, 0.1) is 0 Å². The van der Waals surface area contributed by atoms with Crippen molar-refractivity contribution in [1.29, 1.82) is 0 Å². The lowest BCUT2D eigenvalue weighted by Gasteiger charge is -2.07. The Labute approximate surface area is 76.6 Å². The molecule has 0 aliphatic heterocycles. The minimum Gasteiger partial charge on any atom is -0.368 e. The summed E-state index contributed by atoms with van der Waals surface area (Å²) in [6.07, 6.45) is 5.56. The highest BCUT2D eigenvalue weighted by Gasteiger charge is 1.99. The molecule has 0 fully saturated rings. The van der Waals surface area contributed by atoms with Crippen LogP contribution in [0.25, 0.3) is 5.78 Å². The van der Waals surface area contributed by atoms with Crippen LogP contribution in [0.2, 0.25) is 0 Å². The highest BCUT2D eigenvalue weighted by Crippen LogP contribution is 2.05. The molecular formula is C9H12N4. The molecule has 4 nitrogen and oxygen atoms in total. The minimum absolute atomic E-state index is 0.393. The second-order valence-corrected chi connectivity index (χ2v) is 3.25. The SMILES string of the molecule is CC(C)Nc1ccn2ccnc2n1. The molecule has 2 aromatic heterocycles. The maximum Gasteiger partial charge on any atom is 0.235 e. The number of nitrogens with zero attached hydrogens (tertiary/aromatic N) is 3. The first kappa shape index (κ1) is 8.04. The fourth-order valence-electron chi connectivity index (χ4n) is 1.18. The molecule has 0 aromatic carbocycles. The Kier molecular flexibility index (Phi) is 1.88. The minimum atomic E-state index is 0.393. The average Bonchev–Trinajstić information content (AvgIpc) is 2.49. The van der Waals surface area contributed by atoms with Gasteiger partial charge in [-0.3, -0.25) is 4.40 Å². The van der Waals surface area contributed by atoms with Crippen LogP contribution in [0.5, 0.6) is 0 Å². The maximum absolute atomic E-state index is 4.32. The Morgan fingerprint density at radius 3 is 3.00 bits per heavy atom. The van der Waals surface area contributed by atoms with Crippen molar-refractivity contribution in [2.75, 3.05) is 5.32 Å². The number of imidazole rings is 1. The van der Waals surface area contributed by atoms with E-state index in [1.807, 2.05) is 22.9 Å². The number of hydrogen-bond donors (Lipinski definition) is 1. The first-order chi connectivity index (χ1) is 6.25. The lowest BCUT2D eigenvalue weighted by molar-refractivity contribution is 0.887. The highest BCUT2D eigenvalue weighted by molar-refractivity contribution is 5.42. The summed E-state index contributed by atoms with van der Waals surface area (Å²) in [5.41, 5.74) is 0. The van der Waals surface area contributed by atoms with Crippen molar-refractivity contribution in [1.82, 2.24) is 14.4 Å². The number of aromatic nitrogens is 3. The summed E-state index contributed by atoms with van der Waals surface area (Å²) >= 11 is 0. The van der Waals surface area contributed by atoms with Crippen LogP contribution in [0.4, 0.5) is 5.82 Å². The predicted octanol–water partition coefficient (Wildman–Crippen LogP) is 1.55. The average molecular weight is 176 g/mol. The Morgan fingerprint density at radius 2 is 2.23 bits per heavy atom. The topological polar surface area (TPSA) is 42.2 Å². The van der Waals surface area contributed by atoms with Gasteiger partial charge in [0.2, 0.25) is 5.78 Å². The molecule has 0 aliphatic rings. The van der Waals surface area contributed by atoms with Crippen LogP contribution in [-0.4, -0.2) is 20.4 Å². The second kappa shape index (κ2) is 3.05. The molecule has 68 valence electrons. The molecule has 13 heavy (non-hydrogen) atoms. The molecule has 2 heterocycles. The van der Waals surface area contributed by atoms with E-state index in [9.17, 15) is 0 Å². The van der Waals surface area contributed by atoms with Gasteiger partial charge in [-0.05, 0) is 19.9 Å². The van der Waals surface area contributed by atoms with E-state index < -0.39 is 0 Å². The lowest BCUT2D eigenvalue weighted by atomic mass is 10.4. The van der Waals surface area contributed by atoms with Crippen LogP contribution in [0.1, 0.15) is 13.8 Å². The van der Waals surface area contributed by atoms with Gasteiger partial charge in [-0.1, -0.05) is 0 Å². The van der Waals surface area contributed by atoms with Gasteiger partial charge in [0.25, 0.3) is 0 Å². The van der Waals surface area contributed by atoms with Crippen molar-refractivity contribution < 1.29 is 0 Å². The quantitative estimate of drug-likeness (QED) is 0.754. The van der Waals surface area contributed by atoms with Crippen LogP contribution >= 0.6 is 0 Å². The third-order valence-electron chi connectivity index (χ3n) is 1.70. The zero-order chi connectivity index (χ0) is 9.26. The van der Waals surface area contributed by atoms with Crippen LogP contribution < -0.4 is 5.32 Å². The predicted molar refractivity (Wildman–Crippen MR) is 51.7 cm³/mol. The molecule has 0 unspecified atom stereocenters. The number of hydrogen-bond acceptors (Lipinski definition) is 3. The third-order valence-corrected chi connectivity index (χ3v) is 1.70. The summed E-state index contributed by atoms with van der Waals surface area (Å²) in [6, 6.07) is 2.33. The van der Waals surface area contributed by atoms with Gasteiger partial charge in [0.1, 0.15) is 5.82 Å². The van der Waals surface area contributed by atoms with Crippen LogP contribution in [-0.2, 0) is 0 Å². The molecule has 0 amide bonds. The molecule has 0 spiro atoms. The Balaban J connectivity index is 2.37. The Bertz CT molecular complexity index is 405. The Hall–Kier alpha value is -1.58. The van der Waals surface area contributed by atoms with Crippen molar-refractivity contribution in [2.24, 2.45) is 0 Å². The van der Waals surface area contributed by atoms with Gasteiger partial charge < -0.3 is 5.32 Å². The molecule has 0 aliphatic carbocycles. The molecule has 0 radical (unpaired) electrons. The molecule has 0 saturated carbocycles. The van der Waals surface area contributed by atoms with Crippen molar-refractivity contribution in [3.8, 4) is 0 Å². The maximum atomic E-state index is 4.32. The molecule has 4 heteroatoms. The van der Waals surface area contributed by atoms with Crippen molar-refractivity contribution >= 4 is 11.6 Å². The van der Waals surface area contributed by atoms with E-state index in [-0.39, 0.29) is 0 Å². The zero-order valence-electron chi connectivity index (χ0n) is 7.73. The molecule has 0 saturated heterocycles. The molecule has 0 bridgehead atoms. The van der Waals surface area contributed by atoms with E-state index in [0.29, 0.717) is 6.04 Å². The molecule has 2 aromatic rings. The van der Waals surface area contributed by atoms with Gasteiger partial charge in [-0.15, -0.1) is 0 Å². The molecule has 1 N–H and O–H groups in total. The fraction of sp³-hybridized carbons (Fsp3) is 0.333. The molecule has 0 atom stereocenters. The van der Waals surface area contributed by atoms with E-state index >= 15 is 0 Å². The van der Waals surface area contributed by atoms with Gasteiger partial charge in [-0.2, -0.15) is 4.98 Å². The molecular weight excluding hydrogens is 164 g/mol. The van der Waals surface area contributed by atoms with E-state index in [1.165, 1.54) is 0 Å². The van der Waals surface area contributed by atoms with E-state index in [0.717, 1.165) is 11.6 Å². The summed E-state index contributed by atoms with van der Waals surface area (Å²) in [6.45, 7) is 4.16. The summed E-state index contributed by atoms with van der Waals surface area (Å²) in [4.78, 5) is 8.41. The van der Waals surface area contributed by atoms with Crippen LogP contribution in [0.15, 0.2) is 24.7 Å². The monoisotopic (exact) mass is 176 g/mol. The van der Waals surface area contributed by atoms with Gasteiger partial charge >= 0.3 is 0 Å². The van der Waals surface area contributed by atoms with Crippen LogP contribution in [0.3, 0.4) is 0 Å². The van der Waals surface area contributed by atoms with Crippen molar-refractivity contribution in [2.45, 2.75) is 19.9 Å². The smallest absolute Gasteiger partial charge is 0.235 e. The normalized spacial score (nSPS) is 11.0. The fourth-order valence-corrected chi connectivity index (χ4v) is 1.18. The Morgan fingerprint density at radius 1 is 1.38 bits per heavy atom. The van der Waals surface area contributed by atoms with Gasteiger partial charge in [0, 0.05) is 24.6 Å². The zero-order valence-corrected chi connectivity index (χ0v) is 7.73. The van der Waals surface area contributed by atoms with Gasteiger partial charge in [0.05, 0.1) is 0 Å². The van der Waals surface area contributed by atoms with Crippen molar-refractivity contribution in [3.63, 3.8) is 0 Å². The standard InChI is InChI=1S/C9H12N4/c1-7(2)11-8-3-5-13-6-4-10-9(13)12-8/h3-7H,1-2H3,(H,10,11,12). The second-order valence-electron chi connectivity index (χ2n) is 3.25. The highest BCUT2D eigenvalue weighted by atomic mass is 15.1. The largest absolute Gasteiger partial charge is 0.368 e. The number of rotatable bonds is 2. The number of nitrogens with one attached hydrogen (secondary N) is 1. The van der Waals surface area contributed by atoms with Crippen molar-refractivity contribution in [3.05, 3.63) is 24.7 Å². The summed E-state index contributed by atoms with van der Waals surface area (Å²) in [7, 11) is 0. The van der Waals surface area contributed by atoms with Gasteiger partial charge in [0.15, 0.2) is 0 Å². The lowest BCUT2D eigenvalue weighted by Crippen LogP contribution is -2.11. The molecule has 2 rings (SSSR count). The first-order valence-electron chi connectivity index (χ1n) is 4.32. The number of anilines is 1. The number of fused-ring (bicyclic) bond motifs is 1. The summed E-state index contributed by atoms with van der Waals surface area (Å²) in [5.74, 6) is 1.60. The van der Waals surface area contributed by atoms with E-state index in [2.05, 4.69) is 29.1 Å². The summed E-state index contributed by atoms with van der Waals surface area (Å²) < 4.78 is 1.88.